The third-order valence-electron chi connectivity index (χ3n) is 4.14. The minimum Gasteiger partial charge on any atom is -0.333 e. The number of carbonyl (C=O) groups is 2. The second-order valence-electron chi connectivity index (χ2n) is 7.26. The Hall–Kier alpha value is -1.88. The maximum Gasteiger partial charge on any atom is 0.321 e. The van der Waals surface area contributed by atoms with Crippen LogP contribution in [0, 0.1) is 0 Å². The summed E-state index contributed by atoms with van der Waals surface area (Å²) in [5.74, 6) is 0.204. The average Bonchev–Trinajstić information content (AvgIpc) is 2.95. The van der Waals surface area contributed by atoms with Gasteiger partial charge in [-0.2, -0.15) is 0 Å². The van der Waals surface area contributed by atoms with Crippen LogP contribution >= 0.6 is 0 Å². The molecule has 1 heterocycles. The van der Waals surface area contributed by atoms with Crippen molar-refractivity contribution in [1.82, 2.24) is 15.5 Å². The van der Waals surface area contributed by atoms with Gasteiger partial charge in [0, 0.05) is 12.1 Å². The molecule has 126 valence electrons. The van der Waals surface area contributed by atoms with E-state index in [0.29, 0.717) is 5.92 Å². The van der Waals surface area contributed by atoms with Crippen molar-refractivity contribution < 1.29 is 9.59 Å². The second-order valence-corrected chi connectivity index (χ2v) is 7.26. The van der Waals surface area contributed by atoms with Crippen molar-refractivity contribution >= 4 is 11.9 Å². The Morgan fingerprint density at radius 1 is 1.22 bits per heavy atom. The molecule has 0 aromatic heterocycles. The van der Waals surface area contributed by atoms with E-state index in [-0.39, 0.29) is 17.5 Å². The number of carbonyl (C=O) groups excluding carboxylic acids is 2. The first-order valence-corrected chi connectivity index (χ1v) is 8.18. The zero-order chi connectivity index (χ0) is 17.0. The largest absolute Gasteiger partial charge is 0.333 e. The van der Waals surface area contributed by atoms with Gasteiger partial charge in [-0.25, -0.2) is 4.79 Å². The van der Waals surface area contributed by atoms with E-state index in [4.69, 9.17) is 0 Å². The number of rotatable bonds is 3. The highest BCUT2D eigenvalue weighted by Gasteiger charge is 2.31. The normalized spacial score (nSPS) is 20.1. The van der Waals surface area contributed by atoms with E-state index in [1.54, 1.807) is 0 Å². The molecule has 2 N–H and O–H groups in total. The molecule has 0 unspecified atom stereocenters. The summed E-state index contributed by atoms with van der Waals surface area (Å²) in [6.07, 6.45) is 1.04. The van der Waals surface area contributed by atoms with Crippen LogP contribution < -0.4 is 10.6 Å². The lowest BCUT2D eigenvalue weighted by molar-refractivity contribution is -0.124. The summed E-state index contributed by atoms with van der Waals surface area (Å²) in [6, 6.07) is 9.63. The predicted molar refractivity (Wildman–Crippen MR) is 91.3 cm³/mol. The van der Waals surface area contributed by atoms with Crippen LogP contribution in [0.4, 0.5) is 4.79 Å². The smallest absolute Gasteiger partial charge is 0.321 e. The van der Waals surface area contributed by atoms with Crippen molar-refractivity contribution in [2.45, 2.75) is 51.6 Å². The van der Waals surface area contributed by atoms with E-state index in [0.717, 1.165) is 19.5 Å². The van der Waals surface area contributed by atoms with E-state index in [1.807, 2.05) is 45.9 Å². The van der Waals surface area contributed by atoms with Crippen molar-refractivity contribution in [2.24, 2.45) is 0 Å². The lowest BCUT2D eigenvalue weighted by Gasteiger charge is -2.25. The third-order valence-corrected chi connectivity index (χ3v) is 4.14. The number of hydrogen-bond donors (Lipinski definition) is 2. The molecular weight excluding hydrogens is 290 g/mol. The first-order chi connectivity index (χ1) is 10.8. The highest BCUT2D eigenvalue weighted by molar-refractivity contribution is 5.97. The molecule has 5 nitrogen and oxygen atoms in total. The fraction of sp³-hybridized carbons (Fsp3) is 0.556. The van der Waals surface area contributed by atoms with E-state index in [2.05, 4.69) is 27.7 Å². The zero-order valence-corrected chi connectivity index (χ0v) is 14.4. The molecule has 23 heavy (non-hydrogen) atoms. The Balaban J connectivity index is 1.87. The summed E-state index contributed by atoms with van der Waals surface area (Å²) in [5, 5.41) is 5.18. The Morgan fingerprint density at radius 3 is 2.48 bits per heavy atom. The number of likely N-dealkylation sites (tertiary alicyclic amines) is 1. The number of urea groups is 1. The molecule has 0 saturated carbocycles. The molecule has 0 spiro atoms. The third kappa shape index (κ3) is 5.06. The standard InChI is InChI=1S/C18H27N3O2/c1-13(16(22)19-17(23)20-18(2,3)4)21-11-10-15(12-21)14-8-6-5-7-9-14/h5-9,13,15H,10-12H2,1-4H3,(H2,19,20,22,23)/t13-,15+/m0/s1. The van der Waals surface area contributed by atoms with Gasteiger partial charge < -0.3 is 5.32 Å². The lowest BCUT2D eigenvalue weighted by Crippen LogP contribution is -2.52. The average molecular weight is 317 g/mol. The highest BCUT2D eigenvalue weighted by Crippen LogP contribution is 2.28. The molecule has 5 heteroatoms. The van der Waals surface area contributed by atoms with Gasteiger partial charge in [0.25, 0.3) is 0 Å². The summed E-state index contributed by atoms with van der Waals surface area (Å²) in [6.45, 7) is 9.21. The number of imide groups is 1. The number of nitrogens with one attached hydrogen (secondary N) is 2. The number of benzene rings is 1. The summed E-state index contributed by atoms with van der Waals surface area (Å²) >= 11 is 0. The molecule has 1 fully saturated rings. The summed E-state index contributed by atoms with van der Waals surface area (Å²) in [5.41, 5.74) is 0.952. The second kappa shape index (κ2) is 7.13. The van der Waals surface area contributed by atoms with Gasteiger partial charge in [-0.1, -0.05) is 30.3 Å². The van der Waals surface area contributed by atoms with E-state index < -0.39 is 6.03 Å². The van der Waals surface area contributed by atoms with Gasteiger partial charge in [-0.05, 0) is 52.1 Å². The van der Waals surface area contributed by atoms with Gasteiger partial charge in [0.1, 0.15) is 0 Å². The van der Waals surface area contributed by atoms with E-state index in [1.165, 1.54) is 5.56 Å². The Labute approximate surface area is 138 Å². The van der Waals surface area contributed by atoms with Gasteiger partial charge in [0.05, 0.1) is 6.04 Å². The molecule has 0 bridgehead atoms. The maximum atomic E-state index is 12.3. The monoisotopic (exact) mass is 317 g/mol. The molecule has 2 atom stereocenters. The number of amides is 3. The molecule has 1 aliphatic rings. The molecule has 1 aromatic carbocycles. The van der Waals surface area contributed by atoms with Crippen LogP contribution in [0.1, 0.15) is 45.6 Å². The minimum absolute atomic E-state index is 0.250. The lowest BCUT2D eigenvalue weighted by atomic mass is 9.99. The molecule has 1 aromatic rings. The number of nitrogens with zero attached hydrogens (tertiary/aromatic N) is 1. The molecule has 1 aliphatic heterocycles. The van der Waals surface area contributed by atoms with Gasteiger partial charge in [0.15, 0.2) is 0 Å². The Kier molecular flexibility index (Phi) is 5.42. The summed E-state index contributed by atoms with van der Waals surface area (Å²) < 4.78 is 0. The predicted octanol–water partition coefficient (Wildman–Crippen LogP) is 2.49. The van der Waals surface area contributed by atoms with Crippen molar-refractivity contribution in [1.29, 1.82) is 0 Å². The van der Waals surface area contributed by atoms with Crippen LogP contribution in [0.2, 0.25) is 0 Å². The summed E-state index contributed by atoms with van der Waals surface area (Å²) in [7, 11) is 0. The van der Waals surface area contributed by atoms with Crippen LogP contribution in [-0.4, -0.2) is 41.5 Å². The molecule has 3 amide bonds. The Bertz CT molecular complexity index is 551. The highest BCUT2D eigenvalue weighted by atomic mass is 16.2. The van der Waals surface area contributed by atoms with Crippen LogP contribution in [0.3, 0.4) is 0 Å². The topological polar surface area (TPSA) is 61.4 Å². The fourth-order valence-corrected chi connectivity index (χ4v) is 2.89. The fourth-order valence-electron chi connectivity index (χ4n) is 2.89. The van der Waals surface area contributed by atoms with Crippen molar-refractivity contribution in [2.75, 3.05) is 13.1 Å². The Morgan fingerprint density at radius 2 is 1.87 bits per heavy atom. The van der Waals surface area contributed by atoms with Crippen LogP contribution in [0.15, 0.2) is 30.3 Å². The molecular formula is C18H27N3O2. The summed E-state index contributed by atoms with van der Waals surface area (Å²) in [4.78, 5) is 26.2. The quantitative estimate of drug-likeness (QED) is 0.900. The maximum absolute atomic E-state index is 12.3. The molecule has 1 saturated heterocycles. The molecule has 2 rings (SSSR count). The van der Waals surface area contributed by atoms with Gasteiger partial charge >= 0.3 is 6.03 Å². The van der Waals surface area contributed by atoms with Gasteiger partial charge in [-0.15, -0.1) is 0 Å². The van der Waals surface area contributed by atoms with Gasteiger partial charge in [-0.3, -0.25) is 15.0 Å². The van der Waals surface area contributed by atoms with Crippen molar-refractivity contribution in [3.05, 3.63) is 35.9 Å². The molecule has 0 aliphatic carbocycles. The van der Waals surface area contributed by atoms with E-state index >= 15 is 0 Å². The van der Waals surface area contributed by atoms with Crippen LogP contribution in [0.5, 0.6) is 0 Å². The first kappa shape index (κ1) is 17.5. The van der Waals surface area contributed by atoms with E-state index in [9.17, 15) is 9.59 Å². The van der Waals surface area contributed by atoms with Crippen molar-refractivity contribution in [3.8, 4) is 0 Å². The van der Waals surface area contributed by atoms with Crippen LogP contribution in [-0.2, 0) is 4.79 Å². The zero-order valence-electron chi connectivity index (χ0n) is 14.4. The number of hydrogen-bond acceptors (Lipinski definition) is 3. The van der Waals surface area contributed by atoms with Gasteiger partial charge in [0.2, 0.25) is 5.91 Å². The van der Waals surface area contributed by atoms with Crippen molar-refractivity contribution in [3.63, 3.8) is 0 Å². The minimum atomic E-state index is -0.437. The van der Waals surface area contributed by atoms with Crippen LogP contribution in [0.25, 0.3) is 0 Å². The molecule has 0 radical (unpaired) electrons. The first-order valence-electron chi connectivity index (χ1n) is 8.18. The SMILES string of the molecule is C[C@@H](C(=O)NC(=O)NC(C)(C)C)N1CC[C@@H](c2ccccc2)C1.